The third-order valence-corrected chi connectivity index (χ3v) is 5.27. The van der Waals surface area contributed by atoms with Gasteiger partial charge in [-0.3, -0.25) is 9.59 Å². The molecule has 4 heteroatoms. The van der Waals surface area contributed by atoms with Crippen molar-refractivity contribution in [2.45, 2.75) is 45.1 Å². The summed E-state index contributed by atoms with van der Waals surface area (Å²) < 4.78 is 0. The largest absolute Gasteiger partial charge is 0.339 e. The second-order valence-corrected chi connectivity index (χ2v) is 6.83. The van der Waals surface area contributed by atoms with Crippen molar-refractivity contribution in [3.05, 3.63) is 35.9 Å². The summed E-state index contributed by atoms with van der Waals surface area (Å²) in [6.07, 6.45) is 5.57. The molecule has 0 bridgehead atoms. The van der Waals surface area contributed by atoms with E-state index in [4.69, 9.17) is 0 Å². The summed E-state index contributed by atoms with van der Waals surface area (Å²) >= 11 is 0. The molecule has 0 radical (unpaired) electrons. The molecule has 1 aromatic carbocycles. The van der Waals surface area contributed by atoms with Gasteiger partial charge in [0, 0.05) is 33.0 Å². The minimum atomic E-state index is -0.0113. The van der Waals surface area contributed by atoms with E-state index >= 15 is 0 Å². The fraction of sp³-hybridized carbons (Fsp3) is 0.579. The summed E-state index contributed by atoms with van der Waals surface area (Å²) in [5.74, 6) is 0.910. The Balaban J connectivity index is 1.76. The van der Waals surface area contributed by atoms with Crippen LogP contribution in [0.3, 0.4) is 0 Å². The van der Waals surface area contributed by atoms with Gasteiger partial charge in [-0.25, -0.2) is 0 Å². The Hall–Kier alpha value is -1.84. The molecule has 1 atom stereocenters. The molecule has 1 heterocycles. The number of carbonyl (C=O) groups excluding carboxylic acids is 2. The maximum Gasteiger partial charge on any atom is 0.223 e. The Labute approximate surface area is 138 Å². The Morgan fingerprint density at radius 3 is 2.43 bits per heavy atom. The molecule has 1 aromatic rings. The van der Waals surface area contributed by atoms with Gasteiger partial charge in [0.15, 0.2) is 0 Å². The van der Waals surface area contributed by atoms with Crippen molar-refractivity contribution in [2.24, 2.45) is 5.92 Å². The summed E-state index contributed by atoms with van der Waals surface area (Å²) in [4.78, 5) is 28.5. The Bertz CT molecular complexity index is 552. The average molecular weight is 314 g/mol. The lowest BCUT2D eigenvalue weighted by atomic mass is 9.98. The lowest BCUT2D eigenvalue weighted by Crippen LogP contribution is -2.52. The van der Waals surface area contributed by atoms with Crippen LogP contribution in [0.15, 0.2) is 30.3 Å². The molecule has 0 aromatic heterocycles. The van der Waals surface area contributed by atoms with Crippen LogP contribution >= 0.6 is 0 Å². The number of carbonyl (C=O) groups is 2. The Morgan fingerprint density at radius 1 is 1.09 bits per heavy atom. The van der Waals surface area contributed by atoms with E-state index in [0.29, 0.717) is 32.0 Å². The molecule has 1 saturated heterocycles. The summed E-state index contributed by atoms with van der Waals surface area (Å²) in [5, 5.41) is 0. The zero-order chi connectivity index (χ0) is 16.2. The van der Waals surface area contributed by atoms with Crippen LogP contribution in [0, 0.1) is 5.92 Å². The van der Waals surface area contributed by atoms with Crippen molar-refractivity contribution in [3.63, 3.8) is 0 Å². The molecule has 1 unspecified atom stereocenters. The first-order valence-corrected chi connectivity index (χ1v) is 8.75. The van der Waals surface area contributed by atoms with Crippen LogP contribution in [0.5, 0.6) is 0 Å². The molecule has 1 aliphatic carbocycles. The monoisotopic (exact) mass is 314 g/mol. The fourth-order valence-corrected chi connectivity index (χ4v) is 3.91. The molecular formula is C19H26N2O2. The molecule has 4 nitrogen and oxygen atoms in total. The number of hydrogen-bond donors (Lipinski definition) is 0. The number of rotatable bonds is 3. The van der Waals surface area contributed by atoms with Gasteiger partial charge in [-0.2, -0.15) is 0 Å². The fourth-order valence-electron chi connectivity index (χ4n) is 3.91. The first-order valence-electron chi connectivity index (χ1n) is 8.75. The summed E-state index contributed by atoms with van der Waals surface area (Å²) in [7, 11) is 0. The predicted octanol–water partition coefficient (Wildman–Crippen LogP) is 3.00. The van der Waals surface area contributed by atoms with E-state index < -0.39 is 0 Å². The smallest absolute Gasteiger partial charge is 0.223 e. The van der Waals surface area contributed by atoms with Crippen LogP contribution in [-0.4, -0.2) is 41.2 Å². The van der Waals surface area contributed by atoms with Gasteiger partial charge in [-0.15, -0.1) is 0 Å². The summed E-state index contributed by atoms with van der Waals surface area (Å²) in [6.45, 7) is 3.51. The zero-order valence-electron chi connectivity index (χ0n) is 13.9. The van der Waals surface area contributed by atoms with Crippen LogP contribution in [-0.2, 0) is 9.59 Å². The standard InChI is InChI=1S/C19H26N2O2/c1-15(22)20-11-12-21(19(23)13-16-7-5-6-8-16)18(14-20)17-9-3-2-4-10-17/h2-4,9-10,16,18H,5-8,11-14H2,1H3. The van der Waals surface area contributed by atoms with Crippen molar-refractivity contribution in [1.29, 1.82) is 0 Å². The van der Waals surface area contributed by atoms with Crippen molar-refractivity contribution in [2.75, 3.05) is 19.6 Å². The highest BCUT2D eigenvalue weighted by molar-refractivity contribution is 5.78. The number of hydrogen-bond acceptors (Lipinski definition) is 2. The van der Waals surface area contributed by atoms with Gasteiger partial charge in [0.05, 0.1) is 6.04 Å². The van der Waals surface area contributed by atoms with Crippen molar-refractivity contribution in [1.82, 2.24) is 9.80 Å². The molecular weight excluding hydrogens is 288 g/mol. The molecule has 0 spiro atoms. The first-order chi connectivity index (χ1) is 11.1. The minimum absolute atomic E-state index is 0.0113. The van der Waals surface area contributed by atoms with E-state index in [1.165, 1.54) is 25.7 Å². The van der Waals surface area contributed by atoms with Gasteiger partial charge in [-0.05, 0) is 24.3 Å². The molecule has 23 heavy (non-hydrogen) atoms. The Morgan fingerprint density at radius 2 is 1.78 bits per heavy atom. The molecule has 2 aliphatic rings. The second kappa shape index (κ2) is 7.16. The van der Waals surface area contributed by atoms with Crippen LogP contribution in [0.1, 0.15) is 50.6 Å². The predicted molar refractivity (Wildman–Crippen MR) is 89.7 cm³/mol. The van der Waals surface area contributed by atoms with Gasteiger partial charge >= 0.3 is 0 Å². The molecule has 0 N–H and O–H groups in total. The van der Waals surface area contributed by atoms with Gasteiger partial charge in [0.25, 0.3) is 0 Å². The van der Waals surface area contributed by atoms with Gasteiger partial charge in [0.1, 0.15) is 0 Å². The molecule has 3 rings (SSSR count). The van der Waals surface area contributed by atoms with E-state index in [1.807, 2.05) is 28.0 Å². The molecule has 2 fully saturated rings. The normalized spacial score (nSPS) is 22.4. The Kier molecular flexibility index (Phi) is 4.99. The van der Waals surface area contributed by atoms with Crippen LogP contribution < -0.4 is 0 Å². The van der Waals surface area contributed by atoms with E-state index in [-0.39, 0.29) is 17.9 Å². The lowest BCUT2D eigenvalue weighted by Gasteiger charge is -2.42. The second-order valence-electron chi connectivity index (χ2n) is 6.83. The van der Waals surface area contributed by atoms with Gasteiger partial charge < -0.3 is 9.80 Å². The van der Waals surface area contributed by atoms with E-state index in [0.717, 1.165) is 5.56 Å². The van der Waals surface area contributed by atoms with Crippen LogP contribution in [0.2, 0.25) is 0 Å². The van der Waals surface area contributed by atoms with Crippen molar-refractivity contribution in [3.8, 4) is 0 Å². The molecule has 2 amide bonds. The van der Waals surface area contributed by atoms with Crippen LogP contribution in [0.25, 0.3) is 0 Å². The van der Waals surface area contributed by atoms with Crippen molar-refractivity contribution >= 4 is 11.8 Å². The summed E-state index contributed by atoms with van der Waals surface area (Å²) in [5.41, 5.74) is 1.12. The highest BCUT2D eigenvalue weighted by Gasteiger charge is 2.33. The van der Waals surface area contributed by atoms with E-state index in [2.05, 4.69) is 12.1 Å². The maximum atomic E-state index is 12.8. The maximum absolute atomic E-state index is 12.8. The zero-order valence-corrected chi connectivity index (χ0v) is 13.9. The first kappa shape index (κ1) is 16.0. The van der Waals surface area contributed by atoms with Crippen molar-refractivity contribution < 1.29 is 9.59 Å². The molecule has 1 saturated carbocycles. The van der Waals surface area contributed by atoms with E-state index in [1.54, 1.807) is 6.92 Å². The lowest BCUT2D eigenvalue weighted by molar-refractivity contribution is -0.142. The molecule has 124 valence electrons. The molecule has 1 aliphatic heterocycles. The minimum Gasteiger partial charge on any atom is -0.339 e. The SMILES string of the molecule is CC(=O)N1CCN(C(=O)CC2CCCC2)C(c2ccccc2)C1. The quantitative estimate of drug-likeness (QED) is 0.860. The van der Waals surface area contributed by atoms with Gasteiger partial charge in [0.2, 0.25) is 11.8 Å². The third kappa shape index (κ3) is 3.74. The third-order valence-electron chi connectivity index (χ3n) is 5.27. The van der Waals surface area contributed by atoms with Gasteiger partial charge in [-0.1, -0.05) is 43.2 Å². The van der Waals surface area contributed by atoms with Crippen LogP contribution in [0.4, 0.5) is 0 Å². The number of benzene rings is 1. The highest BCUT2D eigenvalue weighted by Crippen LogP contribution is 2.31. The topological polar surface area (TPSA) is 40.6 Å². The highest BCUT2D eigenvalue weighted by atomic mass is 16.2. The number of amides is 2. The van der Waals surface area contributed by atoms with E-state index in [9.17, 15) is 9.59 Å². The average Bonchev–Trinajstić information content (AvgIpc) is 3.08. The number of piperazine rings is 1. The summed E-state index contributed by atoms with van der Waals surface area (Å²) in [6, 6.07) is 10.1. The number of nitrogens with zero attached hydrogens (tertiary/aromatic N) is 2.